The average molecular weight is 460 g/mol. The Labute approximate surface area is 209 Å². The molecule has 0 N–H and O–H groups in total. The third-order valence-electron chi connectivity index (χ3n) is 7.63. The molecule has 1 aromatic heterocycles. The van der Waals surface area contributed by atoms with Gasteiger partial charge in [-0.25, -0.2) is 0 Å². The van der Waals surface area contributed by atoms with Crippen LogP contribution in [0.5, 0.6) is 0 Å². The van der Waals surface area contributed by atoms with E-state index in [0.717, 1.165) is 6.42 Å². The molecule has 1 aliphatic rings. The van der Waals surface area contributed by atoms with Crippen LogP contribution in [0.2, 0.25) is 0 Å². The zero-order valence-electron chi connectivity index (χ0n) is 19.7. The van der Waals surface area contributed by atoms with Crippen molar-refractivity contribution in [3.8, 4) is 5.69 Å². The maximum atomic E-state index is 2.50. The maximum Gasteiger partial charge on any atom is 0.224 e. The molecule has 0 radical (unpaired) electrons. The number of benzene rings is 6. The summed E-state index contributed by atoms with van der Waals surface area (Å²) < 4.78 is 4.88. The van der Waals surface area contributed by atoms with Crippen LogP contribution in [0, 0.1) is 0 Å². The van der Waals surface area contributed by atoms with Crippen LogP contribution < -0.4 is 4.58 Å². The van der Waals surface area contributed by atoms with Crippen molar-refractivity contribution in [1.82, 2.24) is 9.14 Å². The fourth-order valence-electron chi connectivity index (χ4n) is 6.10. The van der Waals surface area contributed by atoms with Crippen molar-refractivity contribution in [3.05, 3.63) is 127 Å². The minimum Gasteiger partial charge on any atom is -0.308 e. The van der Waals surface area contributed by atoms with Crippen LogP contribution in [0.1, 0.15) is 5.56 Å². The summed E-state index contributed by atoms with van der Waals surface area (Å²) >= 11 is 0. The molecule has 1 aliphatic heterocycles. The second-order valence-corrected chi connectivity index (χ2v) is 9.58. The summed E-state index contributed by atoms with van der Waals surface area (Å²) in [5, 5.41) is 7.67. The van der Waals surface area contributed by atoms with Crippen molar-refractivity contribution < 1.29 is 0 Å². The Morgan fingerprint density at radius 1 is 0.556 bits per heavy atom. The summed E-state index contributed by atoms with van der Waals surface area (Å²) in [5.74, 6) is 0. The highest BCUT2D eigenvalue weighted by Gasteiger charge is 2.30. The van der Waals surface area contributed by atoms with Crippen molar-refractivity contribution in [2.24, 2.45) is 0 Å². The first kappa shape index (κ1) is 19.6. The van der Waals surface area contributed by atoms with Crippen molar-refractivity contribution in [3.63, 3.8) is 0 Å². The van der Waals surface area contributed by atoms with Crippen molar-refractivity contribution in [1.29, 1.82) is 0 Å². The monoisotopic (exact) mass is 459 g/mol. The molecule has 0 unspecified atom stereocenters. The molecule has 0 fully saturated rings. The van der Waals surface area contributed by atoms with Gasteiger partial charge >= 0.3 is 0 Å². The lowest BCUT2D eigenvalue weighted by molar-refractivity contribution is 1.13. The fraction of sp³-hybridized carbons (Fsp3) is 0.0294. The van der Waals surface area contributed by atoms with E-state index >= 15 is 0 Å². The summed E-state index contributed by atoms with van der Waals surface area (Å²) in [4.78, 5) is 0. The first-order valence-corrected chi connectivity index (χ1v) is 12.5. The van der Waals surface area contributed by atoms with Gasteiger partial charge in [-0.1, -0.05) is 84.9 Å². The topological polar surface area (TPSA) is 7.94 Å². The smallest absolute Gasteiger partial charge is 0.224 e. The van der Waals surface area contributed by atoms with Gasteiger partial charge in [0.05, 0.1) is 28.5 Å². The molecule has 168 valence electrons. The first-order valence-electron chi connectivity index (χ1n) is 12.5. The zero-order chi connectivity index (χ0) is 23.6. The Morgan fingerprint density at radius 2 is 1.19 bits per heavy atom. The number of para-hydroxylation sites is 2. The Bertz CT molecular complexity index is 1950. The first-order chi connectivity index (χ1) is 17.9. The Morgan fingerprint density at radius 3 is 1.94 bits per heavy atom. The Balaban J connectivity index is 1.57. The average Bonchev–Trinajstić information content (AvgIpc) is 3.51. The van der Waals surface area contributed by atoms with Gasteiger partial charge in [0, 0.05) is 33.9 Å². The van der Waals surface area contributed by atoms with Gasteiger partial charge in [0.25, 0.3) is 0 Å². The largest absolute Gasteiger partial charge is 0.308 e. The molecule has 0 atom stereocenters. The van der Waals surface area contributed by atoms with E-state index in [2.05, 4.69) is 137 Å². The van der Waals surface area contributed by atoms with Gasteiger partial charge < -0.3 is 4.57 Å². The van der Waals surface area contributed by atoms with Crippen LogP contribution in [-0.4, -0.2) is 10.8 Å². The van der Waals surface area contributed by atoms with Crippen molar-refractivity contribution in [2.75, 3.05) is 0 Å². The normalized spacial score (nSPS) is 13.1. The molecule has 6 aromatic carbocycles. The van der Waals surface area contributed by atoms with E-state index < -0.39 is 0 Å². The molecule has 8 rings (SSSR count). The number of hydrogen-bond donors (Lipinski definition) is 0. The summed E-state index contributed by atoms with van der Waals surface area (Å²) in [7, 11) is 0. The van der Waals surface area contributed by atoms with E-state index in [9.17, 15) is 0 Å². The summed E-state index contributed by atoms with van der Waals surface area (Å²) in [6.07, 6.45) is 3.26. The second kappa shape index (κ2) is 7.40. The van der Waals surface area contributed by atoms with E-state index in [1.165, 1.54) is 66.0 Å². The van der Waals surface area contributed by atoms with Gasteiger partial charge in [-0.3, -0.25) is 0 Å². The molecule has 0 bridgehead atoms. The molecule has 0 saturated carbocycles. The Hall–Kier alpha value is -4.69. The predicted molar refractivity (Wildman–Crippen MR) is 153 cm³/mol. The minimum absolute atomic E-state index is 0.941. The Kier molecular flexibility index (Phi) is 4.03. The second-order valence-electron chi connectivity index (χ2n) is 9.58. The summed E-state index contributed by atoms with van der Waals surface area (Å²) in [5.41, 5.74) is 7.62. The molecule has 2 heteroatoms. The van der Waals surface area contributed by atoms with Gasteiger partial charge in [0.15, 0.2) is 6.21 Å². The quantitative estimate of drug-likeness (QED) is 0.181. The number of aromatic nitrogens is 1. The van der Waals surface area contributed by atoms with E-state index in [-0.39, 0.29) is 0 Å². The van der Waals surface area contributed by atoms with Crippen LogP contribution in [0.25, 0.3) is 49.0 Å². The number of rotatable bonds is 2. The zero-order valence-corrected chi connectivity index (χ0v) is 19.7. The summed E-state index contributed by atoms with van der Waals surface area (Å²) in [6.45, 7) is 0. The molecule has 7 aromatic rings. The standard InChI is InChI=1S/C34H23N2/c1-2-12-26(13-3-1)35-21-20-23-18-19-31-32(33(23)35)29-16-8-9-17-30(29)36(31)34-27-14-6-4-10-24(27)22-25-11-5-7-15-28(25)34/h1-19,21-22H,20H2/q+1. The van der Waals surface area contributed by atoms with E-state index in [4.69, 9.17) is 0 Å². The highest BCUT2D eigenvalue weighted by Crippen LogP contribution is 2.44. The van der Waals surface area contributed by atoms with Crippen LogP contribution >= 0.6 is 0 Å². The number of fused-ring (bicyclic) bond motifs is 7. The lowest BCUT2D eigenvalue weighted by Gasteiger charge is -2.15. The molecule has 2 heterocycles. The highest BCUT2D eigenvalue weighted by molar-refractivity contribution is 6.19. The molecular weight excluding hydrogens is 436 g/mol. The van der Waals surface area contributed by atoms with Gasteiger partial charge in [-0.15, -0.1) is 0 Å². The van der Waals surface area contributed by atoms with Crippen LogP contribution in [0.15, 0.2) is 121 Å². The van der Waals surface area contributed by atoms with Crippen molar-refractivity contribution in [2.45, 2.75) is 6.42 Å². The lowest BCUT2D eigenvalue weighted by Crippen LogP contribution is -2.01. The minimum atomic E-state index is 0.941. The molecule has 0 spiro atoms. The fourth-order valence-corrected chi connectivity index (χ4v) is 6.10. The van der Waals surface area contributed by atoms with Gasteiger partial charge in [-0.05, 0) is 35.0 Å². The highest BCUT2D eigenvalue weighted by atomic mass is 15.0. The molecule has 0 aliphatic carbocycles. The van der Waals surface area contributed by atoms with Gasteiger partial charge in [0.1, 0.15) is 0 Å². The molecular formula is C34H23N2+. The van der Waals surface area contributed by atoms with Gasteiger partial charge in [0.2, 0.25) is 11.4 Å². The predicted octanol–water partition coefficient (Wildman–Crippen LogP) is 8.55. The van der Waals surface area contributed by atoms with E-state index in [1.807, 2.05) is 0 Å². The van der Waals surface area contributed by atoms with Crippen molar-refractivity contribution >= 4 is 60.9 Å². The maximum absolute atomic E-state index is 2.50. The van der Waals surface area contributed by atoms with Crippen LogP contribution in [-0.2, 0) is 6.42 Å². The van der Waals surface area contributed by atoms with E-state index in [1.54, 1.807) is 0 Å². The molecule has 0 amide bonds. The summed E-state index contributed by atoms with van der Waals surface area (Å²) in [6, 6.07) is 44.1. The SMILES string of the molecule is C1=[N+](c2ccccc2)c2c(ccc3c2c2ccccc2n3-c2c3ccccc3cc3ccccc23)C1. The number of nitrogens with zero attached hydrogens (tertiary/aromatic N) is 2. The third-order valence-corrected chi connectivity index (χ3v) is 7.63. The number of hydrogen-bond acceptors (Lipinski definition) is 0. The molecule has 0 saturated heterocycles. The van der Waals surface area contributed by atoms with Crippen LogP contribution in [0.4, 0.5) is 11.4 Å². The third kappa shape index (κ3) is 2.64. The van der Waals surface area contributed by atoms with Crippen LogP contribution in [0.3, 0.4) is 0 Å². The molecule has 2 nitrogen and oxygen atoms in total. The van der Waals surface area contributed by atoms with E-state index in [0.29, 0.717) is 0 Å². The van der Waals surface area contributed by atoms with Gasteiger partial charge in [-0.2, -0.15) is 4.58 Å². The lowest BCUT2D eigenvalue weighted by atomic mass is 10.0. The molecule has 36 heavy (non-hydrogen) atoms.